The SMILES string of the molecule is [Mo].[Mo].[N-]=O.[N-]=O.[S-]Cc1ccccc1.[S-]Cc1ccccc1.[S-]Cc1ccccc1.[S-]Cc1ccccc1.[cH-]1[cH-][cH-][cH-][cH-]1.c1cc[cH-]c1. The van der Waals surface area contributed by atoms with Crippen molar-refractivity contribution < 1.29 is 42.1 Å². The number of nitrogens with zero attached hydrogens (tertiary/aromatic N) is 2. The van der Waals surface area contributed by atoms with E-state index >= 15 is 0 Å². The molecule has 0 aromatic heterocycles. The number of benzene rings is 4. The Hall–Kier alpha value is -2.44. The Labute approximate surface area is 338 Å². The zero-order valence-electron chi connectivity index (χ0n) is 26.3. The van der Waals surface area contributed by atoms with Crippen LogP contribution in [0.1, 0.15) is 22.3 Å². The van der Waals surface area contributed by atoms with Gasteiger partial charge in [0.25, 0.3) is 0 Å². The van der Waals surface area contributed by atoms with E-state index in [0.29, 0.717) is 0 Å². The smallest absolute Gasteiger partial charge is 0 e. The van der Waals surface area contributed by atoms with Gasteiger partial charge >= 0.3 is 0 Å². The van der Waals surface area contributed by atoms with Crippen LogP contribution in [-0.4, -0.2) is 0 Å². The molecule has 0 aliphatic carbocycles. The van der Waals surface area contributed by atoms with E-state index < -0.39 is 0 Å². The molecule has 4 nitrogen and oxygen atoms in total. The van der Waals surface area contributed by atoms with Crippen molar-refractivity contribution >= 4 is 50.5 Å². The zero-order chi connectivity index (χ0) is 34.4. The molecule has 0 bridgehead atoms. The van der Waals surface area contributed by atoms with Crippen LogP contribution in [0, 0.1) is 9.81 Å². The van der Waals surface area contributed by atoms with Crippen LogP contribution in [0.4, 0.5) is 0 Å². The van der Waals surface area contributed by atoms with Gasteiger partial charge in [-0.25, -0.2) is 12.1 Å². The van der Waals surface area contributed by atoms with Crippen molar-refractivity contribution in [3.8, 4) is 0 Å². The van der Waals surface area contributed by atoms with E-state index in [1.165, 1.54) is 22.3 Å². The molecular formula is C38H38Mo2N2O2S4-12. The summed E-state index contributed by atoms with van der Waals surface area (Å²) in [6.07, 6.45) is 0. The molecule has 0 amide bonds. The van der Waals surface area contributed by atoms with E-state index in [4.69, 9.17) is 71.5 Å². The molecule has 6 aromatic rings. The molecule has 0 saturated heterocycles. The Morgan fingerprint density at radius 3 is 0.646 bits per heavy atom. The van der Waals surface area contributed by atoms with Gasteiger partial charge in [0.05, 0.1) is 0 Å². The molecule has 0 spiro atoms. The second-order valence-electron chi connectivity index (χ2n) is 8.44. The second-order valence-corrected chi connectivity index (χ2v) is 9.60. The molecule has 0 heterocycles. The van der Waals surface area contributed by atoms with Crippen molar-refractivity contribution in [2.24, 2.45) is 0 Å². The van der Waals surface area contributed by atoms with Gasteiger partial charge in [0.2, 0.25) is 0 Å². The fourth-order valence-electron chi connectivity index (χ4n) is 2.94. The summed E-state index contributed by atoms with van der Waals surface area (Å²) in [7, 11) is 0. The molecule has 0 aliphatic rings. The van der Waals surface area contributed by atoms with Crippen molar-refractivity contribution in [3.63, 3.8) is 0 Å². The van der Waals surface area contributed by atoms with Crippen molar-refractivity contribution in [3.05, 3.63) is 225 Å². The van der Waals surface area contributed by atoms with E-state index in [1.807, 2.05) is 182 Å². The molecule has 0 saturated carbocycles. The van der Waals surface area contributed by atoms with Gasteiger partial charge in [0.1, 0.15) is 0 Å². The third kappa shape index (κ3) is 34.9. The molecule has 0 atom stereocenters. The topological polar surface area (TPSA) is 78.7 Å². The van der Waals surface area contributed by atoms with Gasteiger partial charge in [0.15, 0.2) is 0 Å². The summed E-state index contributed by atoms with van der Waals surface area (Å²) in [4.78, 5) is 14.5. The van der Waals surface area contributed by atoms with Gasteiger partial charge in [0, 0.05) is 42.1 Å². The molecule has 10 heteroatoms. The van der Waals surface area contributed by atoms with Crippen LogP contribution < -0.4 is 0 Å². The number of rotatable bonds is 4. The minimum absolute atomic E-state index is 0. The minimum Gasteiger partial charge on any atom is -0.788 e. The Balaban J connectivity index is -0.000000237. The van der Waals surface area contributed by atoms with E-state index in [9.17, 15) is 0 Å². The zero-order valence-corrected chi connectivity index (χ0v) is 33.6. The van der Waals surface area contributed by atoms with E-state index in [-0.39, 0.29) is 42.1 Å². The molecule has 0 unspecified atom stereocenters. The summed E-state index contributed by atoms with van der Waals surface area (Å²) in [5.74, 6) is 2.89. The van der Waals surface area contributed by atoms with Crippen LogP contribution in [0.3, 0.4) is 0 Å². The molecule has 0 radical (unpaired) electrons. The van der Waals surface area contributed by atoms with Gasteiger partial charge in [-0.3, -0.25) is 0 Å². The molecule has 48 heavy (non-hydrogen) atoms. The first-order valence-electron chi connectivity index (χ1n) is 13.9. The first kappa shape index (κ1) is 52.4. The maximum Gasteiger partial charge on any atom is 0 e. The largest absolute Gasteiger partial charge is 0.788 e. The van der Waals surface area contributed by atoms with Gasteiger partial charge < -0.3 is 102 Å². The number of nitroso groups, excluding NO2 is 2. The van der Waals surface area contributed by atoms with Crippen molar-refractivity contribution in [2.75, 3.05) is 0 Å². The van der Waals surface area contributed by atoms with Gasteiger partial charge in [-0.05, 0) is 0 Å². The fourth-order valence-corrected chi connectivity index (χ4v) is 3.71. The van der Waals surface area contributed by atoms with Crippen LogP contribution in [0.15, 0.2) is 182 Å². The van der Waals surface area contributed by atoms with Crippen molar-refractivity contribution in [2.45, 2.75) is 23.0 Å². The van der Waals surface area contributed by atoms with Crippen molar-refractivity contribution in [1.82, 2.24) is 0 Å². The van der Waals surface area contributed by atoms with E-state index in [0.717, 1.165) is 23.0 Å². The minimum atomic E-state index is 0. The first-order valence-corrected chi connectivity index (χ1v) is 16.2. The third-order valence-electron chi connectivity index (χ3n) is 5.15. The normalized spacial score (nSPS) is 7.92. The number of hydrogen-bond acceptors (Lipinski definition) is 6. The summed E-state index contributed by atoms with van der Waals surface area (Å²) >= 11 is 19.3. The quantitative estimate of drug-likeness (QED) is 0.0998. The maximum absolute atomic E-state index is 7.25. The molecule has 0 N–H and O–H groups in total. The molecule has 0 aliphatic heterocycles. The Kier molecular flexibility index (Phi) is 48.6. The maximum atomic E-state index is 7.25. The number of hydrogen-bond donors (Lipinski definition) is 0. The average Bonchev–Trinajstić information content (AvgIpc) is 3.97. The van der Waals surface area contributed by atoms with Gasteiger partial charge in [-0.1, -0.05) is 144 Å². The van der Waals surface area contributed by atoms with Crippen LogP contribution in [0.2, 0.25) is 0 Å². The van der Waals surface area contributed by atoms with E-state index in [2.05, 4.69) is 0 Å². The summed E-state index contributed by atoms with van der Waals surface area (Å²) < 4.78 is 0. The predicted octanol–water partition coefficient (Wildman–Crippen LogP) is 10.4. The van der Waals surface area contributed by atoms with E-state index in [1.54, 1.807) is 0 Å². The molecule has 6 rings (SSSR count). The molecular weight excluding hydrogens is 837 g/mol. The van der Waals surface area contributed by atoms with Crippen molar-refractivity contribution in [1.29, 1.82) is 0 Å². The van der Waals surface area contributed by atoms with Gasteiger partial charge in [-0.2, -0.15) is 41.2 Å². The van der Waals surface area contributed by atoms with Crippen LogP contribution >= 0.6 is 0 Å². The fraction of sp³-hybridized carbons (Fsp3) is 0.105. The van der Waals surface area contributed by atoms with Crippen LogP contribution in [0.25, 0.3) is 11.2 Å². The molecule has 0 fully saturated rings. The summed E-state index contributed by atoms with van der Waals surface area (Å²) in [6.45, 7) is 0. The van der Waals surface area contributed by atoms with Crippen LogP contribution in [-0.2, 0) is 116 Å². The third-order valence-corrected chi connectivity index (χ3v) is 6.48. The summed E-state index contributed by atoms with van der Waals surface area (Å²) in [5.41, 5.74) is 16.4. The molecule has 6 aromatic carbocycles. The Bertz CT molecular complexity index is 1120. The standard InChI is InChI=1S/4C7H8S.2C5H5.2Mo.2NO/c4*8-6-7-4-2-1-3-5-7;2*1-2-4-5-3-1;;;2*1-2/h4*1-5,8H,6H2;2*1-5H;;;;/q;;;;-5;-1;;;2*-1/p-4. The summed E-state index contributed by atoms with van der Waals surface area (Å²) in [6, 6.07) is 60.3. The Morgan fingerprint density at radius 1 is 0.354 bits per heavy atom. The second kappa shape index (κ2) is 44.6. The summed E-state index contributed by atoms with van der Waals surface area (Å²) in [5, 5.41) is 0. The Morgan fingerprint density at radius 2 is 0.542 bits per heavy atom. The predicted molar refractivity (Wildman–Crippen MR) is 208 cm³/mol. The van der Waals surface area contributed by atoms with Gasteiger partial charge in [-0.15, -0.1) is 0 Å². The monoisotopic (exact) mass is 878 g/mol. The first-order chi connectivity index (χ1) is 22.7. The van der Waals surface area contributed by atoms with Crippen LogP contribution in [0.5, 0.6) is 0 Å². The average molecular weight is 875 g/mol. The molecule has 260 valence electrons.